The first-order chi connectivity index (χ1) is 17.5. The number of rotatable bonds is 8. The molecule has 12 nitrogen and oxygen atoms in total. The van der Waals surface area contributed by atoms with E-state index >= 15 is 0 Å². The van der Waals surface area contributed by atoms with E-state index in [2.05, 4.69) is 9.97 Å². The number of aliphatic hydroxyl groups is 2. The zero-order valence-corrected chi connectivity index (χ0v) is 23.1. The van der Waals surface area contributed by atoms with E-state index in [4.69, 9.17) is 19.9 Å². The number of nitrogens with two attached hydrogens (primary N) is 1. The van der Waals surface area contributed by atoms with Crippen LogP contribution >= 0.6 is 22.6 Å². The van der Waals surface area contributed by atoms with Crippen LogP contribution in [-0.2, 0) is 16.1 Å². The summed E-state index contributed by atoms with van der Waals surface area (Å²) >= 11 is 2.00. The highest BCUT2D eigenvalue weighted by Crippen LogP contribution is 2.44. The number of aliphatic hydroxyl groups excluding tert-OH is 2. The fraction of sp³-hybridized carbons (Fsp3) is 0.500. The third-order valence-electron chi connectivity index (χ3n) is 6.38. The molecule has 0 aliphatic carbocycles. The summed E-state index contributed by atoms with van der Waals surface area (Å²) in [5.41, 5.74) is 7.20. The number of hydrogen-bond donors (Lipinski definition) is 3. The van der Waals surface area contributed by atoms with E-state index in [9.17, 15) is 20.3 Å². The molecule has 4 atom stereocenters. The van der Waals surface area contributed by atoms with E-state index in [1.165, 1.54) is 19.5 Å². The van der Waals surface area contributed by atoms with Crippen molar-refractivity contribution in [3.63, 3.8) is 0 Å². The number of nitro groups is 1. The fourth-order valence-electron chi connectivity index (χ4n) is 4.63. The van der Waals surface area contributed by atoms with Crippen LogP contribution in [0.15, 0.2) is 24.7 Å². The first-order valence-corrected chi connectivity index (χ1v) is 12.7. The molecule has 1 aliphatic rings. The van der Waals surface area contributed by atoms with Gasteiger partial charge < -0.3 is 34.7 Å². The number of nitrogen functional groups attached to an aromatic ring is 1. The summed E-state index contributed by atoms with van der Waals surface area (Å²) in [6, 6.07) is 3.13. The van der Waals surface area contributed by atoms with Gasteiger partial charge in [0.2, 0.25) is 0 Å². The summed E-state index contributed by atoms with van der Waals surface area (Å²) in [7, 11) is 1.51. The molecule has 3 heterocycles. The Morgan fingerprint density at radius 1 is 1.38 bits per heavy atom. The Balaban J connectivity index is 1.74. The number of ether oxygens (including phenoxy) is 3. The number of anilines is 1. The van der Waals surface area contributed by atoms with Gasteiger partial charge >= 0.3 is 0 Å². The van der Waals surface area contributed by atoms with Crippen molar-refractivity contribution in [2.75, 3.05) is 19.5 Å². The van der Waals surface area contributed by atoms with Crippen molar-refractivity contribution in [2.45, 2.75) is 58.3 Å². The molecular formula is C24H30IN5O7. The van der Waals surface area contributed by atoms with Crippen molar-refractivity contribution in [1.29, 1.82) is 0 Å². The number of aromatic nitrogens is 3. The van der Waals surface area contributed by atoms with Crippen LogP contribution in [0, 0.1) is 19.1 Å². The van der Waals surface area contributed by atoms with Gasteiger partial charge in [-0.25, -0.2) is 9.97 Å². The number of fused-ring (bicyclic) bond motifs is 1. The standard InChI is InChI=1S/C24H30IN5O7/c1-24(2,3)21(13-5-17(35-4)14(25)6-15(13)30(33)34)36-10-12-8-29(19-7-16(32)18(9-31)37-19)23-20(12)22(26)27-11-28-23/h5-6,8,11,16,18-19,21,31-32H,7,9-10H2,1-4H3,(H2,26,27,28)/t16-,18-,19-,21-/m1/s1. The van der Waals surface area contributed by atoms with Crippen molar-refractivity contribution in [1.82, 2.24) is 14.5 Å². The van der Waals surface area contributed by atoms with Crippen molar-refractivity contribution in [3.8, 4) is 5.75 Å². The summed E-state index contributed by atoms with van der Waals surface area (Å²) in [5, 5.41) is 32.2. The Labute approximate surface area is 227 Å². The number of hydrogen-bond acceptors (Lipinski definition) is 10. The predicted octanol–water partition coefficient (Wildman–Crippen LogP) is 3.48. The molecule has 2 aromatic heterocycles. The quantitative estimate of drug-likeness (QED) is 0.191. The lowest BCUT2D eigenvalue weighted by Crippen LogP contribution is -2.24. The Hall–Kier alpha value is -2.59. The van der Waals surface area contributed by atoms with Crippen LogP contribution in [0.5, 0.6) is 5.75 Å². The predicted molar refractivity (Wildman–Crippen MR) is 143 cm³/mol. The molecule has 1 fully saturated rings. The lowest BCUT2D eigenvalue weighted by Gasteiger charge is -2.31. The fourth-order valence-corrected chi connectivity index (χ4v) is 5.30. The summed E-state index contributed by atoms with van der Waals surface area (Å²) in [6.45, 7) is 5.56. The zero-order valence-electron chi connectivity index (χ0n) is 20.9. The monoisotopic (exact) mass is 627 g/mol. The second-order valence-corrected chi connectivity index (χ2v) is 11.2. The first kappa shape index (κ1) is 27.4. The highest BCUT2D eigenvalue weighted by Gasteiger charge is 2.37. The van der Waals surface area contributed by atoms with Gasteiger partial charge in [-0.3, -0.25) is 10.1 Å². The van der Waals surface area contributed by atoms with Gasteiger partial charge in [0.15, 0.2) is 0 Å². The number of nitro benzene ring substituents is 1. The van der Waals surface area contributed by atoms with E-state index < -0.39 is 34.9 Å². The minimum absolute atomic E-state index is 0.0488. The van der Waals surface area contributed by atoms with E-state index in [1.54, 1.807) is 16.8 Å². The molecule has 0 radical (unpaired) electrons. The average molecular weight is 627 g/mol. The molecule has 200 valence electrons. The van der Waals surface area contributed by atoms with Crippen molar-refractivity contribution in [2.24, 2.45) is 5.41 Å². The van der Waals surface area contributed by atoms with Crippen molar-refractivity contribution >= 4 is 45.1 Å². The maximum Gasteiger partial charge on any atom is 0.276 e. The van der Waals surface area contributed by atoms with E-state index in [-0.39, 0.29) is 31.1 Å². The van der Waals surface area contributed by atoms with Gasteiger partial charge in [-0.05, 0) is 34.1 Å². The van der Waals surface area contributed by atoms with Gasteiger partial charge in [0.25, 0.3) is 5.69 Å². The molecule has 1 saturated heterocycles. The molecular weight excluding hydrogens is 597 g/mol. The maximum absolute atomic E-state index is 11.9. The lowest BCUT2D eigenvalue weighted by atomic mass is 9.83. The topological polar surface area (TPSA) is 168 Å². The van der Waals surface area contributed by atoms with Gasteiger partial charge in [-0.2, -0.15) is 0 Å². The molecule has 37 heavy (non-hydrogen) atoms. The second-order valence-electron chi connectivity index (χ2n) is 9.99. The van der Waals surface area contributed by atoms with Gasteiger partial charge in [0, 0.05) is 24.2 Å². The molecule has 0 unspecified atom stereocenters. The number of benzene rings is 1. The summed E-state index contributed by atoms with van der Waals surface area (Å²) in [4.78, 5) is 20.0. The van der Waals surface area contributed by atoms with E-state index in [0.717, 1.165) is 0 Å². The number of halogens is 1. The van der Waals surface area contributed by atoms with Gasteiger partial charge in [0.1, 0.15) is 35.9 Å². The molecule has 0 bridgehead atoms. The van der Waals surface area contributed by atoms with Crippen LogP contribution in [0.3, 0.4) is 0 Å². The Bertz CT molecular complexity index is 1310. The minimum Gasteiger partial charge on any atom is -0.496 e. The molecule has 3 aromatic rings. The van der Waals surface area contributed by atoms with Crippen molar-refractivity contribution < 1.29 is 29.3 Å². The first-order valence-electron chi connectivity index (χ1n) is 11.6. The molecule has 4 rings (SSSR count). The van der Waals surface area contributed by atoms with Crippen LogP contribution in [0.2, 0.25) is 0 Å². The van der Waals surface area contributed by atoms with E-state index in [0.29, 0.717) is 31.5 Å². The Morgan fingerprint density at radius 2 is 2.11 bits per heavy atom. The summed E-state index contributed by atoms with van der Waals surface area (Å²) < 4.78 is 20.0. The minimum atomic E-state index is -0.826. The third kappa shape index (κ3) is 5.36. The van der Waals surface area contributed by atoms with Gasteiger partial charge in [0.05, 0.1) is 52.0 Å². The van der Waals surface area contributed by atoms with Crippen molar-refractivity contribution in [3.05, 3.63) is 49.5 Å². The molecule has 0 spiro atoms. The largest absolute Gasteiger partial charge is 0.496 e. The smallest absolute Gasteiger partial charge is 0.276 e. The van der Waals surface area contributed by atoms with Crippen LogP contribution in [0.1, 0.15) is 50.7 Å². The van der Waals surface area contributed by atoms with Gasteiger partial charge in [-0.1, -0.05) is 20.8 Å². The van der Waals surface area contributed by atoms with Gasteiger partial charge in [-0.15, -0.1) is 0 Å². The molecule has 13 heteroatoms. The maximum atomic E-state index is 11.9. The normalized spacial score (nSPS) is 20.9. The highest BCUT2D eigenvalue weighted by atomic mass is 127. The van der Waals surface area contributed by atoms with Crippen LogP contribution in [0.4, 0.5) is 11.5 Å². The van der Waals surface area contributed by atoms with Crippen LogP contribution < -0.4 is 10.5 Å². The summed E-state index contributed by atoms with van der Waals surface area (Å²) in [6.07, 6.45) is 0.598. The molecule has 4 N–H and O–H groups in total. The summed E-state index contributed by atoms with van der Waals surface area (Å²) in [5.74, 6) is 0.762. The molecule has 1 aromatic carbocycles. The second kappa shape index (κ2) is 10.6. The van der Waals surface area contributed by atoms with E-state index in [1.807, 2.05) is 43.4 Å². The lowest BCUT2D eigenvalue weighted by molar-refractivity contribution is -0.386. The molecule has 1 aliphatic heterocycles. The number of nitrogens with zero attached hydrogens (tertiary/aromatic N) is 4. The Kier molecular flexibility index (Phi) is 7.90. The number of methoxy groups -OCH3 is 1. The molecule has 0 amide bonds. The van der Waals surface area contributed by atoms with Crippen LogP contribution in [-0.4, -0.2) is 55.6 Å². The molecule has 0 saturated carbocycles. The SMILES string of the molecule is COc1cc([C@@H](OCc2cn([C@H]3C[C@@H](O)[C@@H](CO)O3)c3ncnc(N)c23)C(C)(C)C)c([N+](=O)[O-])cc1I. The third-order valence-corrected chi connectivity index (χ3v) is 7.23. The highest BCUT2D eigenvalue weighted by molar-refractivity contribution is 14.1. The van der Waals surface area contributed by atoms with Crippen LogP contribution in [0.25, 0.3) is 11.0 Å². The average Bonchev–Trinajstić information content (AvgIpc) is 3.39. The Morgan fingerprint density at radius 3 is 2.70 bits per heavy atom. The zero-order chi connectivity index (χ0) is 27.1.